The van der Waals surface area contributed by atoms with Crippen LogP contribution in [0.25, 0.3) is 0 Å². The van der Waals surface area contributed by atoms with Crippen LogP contribution in [0.5, 0.6) is 0 Å². The van der Waals surface area contributed by atoms with E-state index in [1.54, 1.807) is 0 Å². The molecule has 0 bridgehead atoms. The lowest BCUT2D eigenvalue weighted by atomic mass is 10.2. The normalized spacial score (nSPS) is 13.7. The van der Waals surface area contributed by atoms with Gasteiger partial charge in [-0.2, -0.15) is 10.4 Å². The quantitative estimate of drug-likeness (QED) is 0.802. The van der Waals surface area contributed by atoms with Crippen molar-refractivity contribution in [2.45, 2.75) is 18.8 Å². The van der Waals surface area contributed by atoms with Gasteiger partial charge >= 0.3 is 0 Å². The van der Waals surface area contributed by atoms with Crippen LogP contribution in [0.3, 0.4) is 0 Å². The molecule has 0 unspecified atom stereocenters. The summed E-state index contributed by atoms with van der Waals surface area (Å²) in [7, 11) is 0. The molecule has 1 aromatic heterocycles. The third kappa shape index (κ3) is 2.43. The van der Waals surface area contributed by atoms with Gasteiger partial charge in [0.2, 0.25) is 0 Å². The third-order valence-corrected chi connectivity index (χ3v) is 3.38. The average molecular weight is 285 g/mol. The first-order valence-electron chi connectivity index (χ1n) is 6.45. The highest BCUT2D eigenvalue weighted by Gasteiger charge is 2.30. The van der Waals surface area contributed by atoms with Gasteiger partial charge < -0.3 is 11.1 Å². The van der Waals surface area contributed by atoms with Crippen LogP contribution in [0.4, 0.5) is 15.8 Å². The van der Waals surface area contributed by atoms with E-state index in [1.807, 2.05) is 6.07 Å². The number of nitrogens with zero attached hydrogens (tertiary/aromatic N) is 2. The minimum absolute atomic E-state index is 0.0191. The van der Waals surface area contributed by atoms with Gasteiger partial charge in [-0.1, -0.05) is 0 Å². The number of nitrogens with two attached hydrogens (primary N) is 1. The monoisotopic (exact) mass is 285 g/mol. The Kier molecular flexibility index (Phi) is 3.06. The Bertz CT molecular complexity index is 757. The van der Waals surface area contributed by atoms with Gasteiger partial charge in [0.25, 0.3) is 5.91 Å². The van der Waals surface area contributed by atoms with E-state index >= 15 is 0 Å². The van der Waals surface area contributed by atoms with E-state index in [4.69, 9.17) is 11.0 Å². The molecule has 0 aliphatic heterocycles. The zero-order valence-corrected chi connectivity index (χ0v) is 11.0. The maximum absolute atomic E-state index is 13.7. The van der Waals surface area contributed by atoms with Crippen molar-refractivity contribution in [3.63, 3.8) is 0 Å². The summed E-state index contributed by atoms with van der Waals surface area (Å²) < 4.78 is 13.7. The molecule has 0 radical (unpaired) electrons. The summed E-state index contributed by atoms with van der Waals surface area (Å²) in [6, 6.07) is 5.63. The van der Waals surface area contributed by atoms with Crippen molar-refractivity contribution >= 4 is 17.3 Å². The van der Waals surface area contributed by atoms with Crippen LogP contribution in [0.1, 0.15) is 40.5 Å². The lowest BCUT2D eigenvalue weighted by Crippen LogP contribution is -2.15. The second-order valence-electron chi connectivity index (χ2n) is 4.93. The summed E-state index contributed by atoms with van der Waals surface area (Å²) in [5.41, 5.74) is 7.18. The lowest BCUT2D eigenvalue weighted by Gasteiger charge is -2.05. The van der Waals surface area contributed by atoms with Crippen LogP contribution < -0.4 is 11.1 Å². The number of amides is 1. The number of aromatic amines is 1. The van der Waals surface area contributed by atoms with Crippen molar-refractivity contribution < 1.29 is 9.18 Å². The van der Waals surface area contributed by atoms with Gasteiger partial charge in [0.15, 0.2) is 5.69 Å². The van der Waals surface area contributed by atoms with E-state index in [0.29, 0.717) is 11.6 Å². The average Bonchev–Trinajstić information content (AvgIpc) is 3.24. The van der Waals surface area contributed by atoms with Crippen molar-refractivity contribution in [3.05, 3.63) is 41.0 Å². The molecule has 21 heavy (non-hydrogen) atoms. The number of aromatic nitrogens is 2. The van der Waals surface area contributed by atoms with E-state index in [-0.39, 0.29) is 16.9 Å². The van der Waals surface area contributed by atoms with Gasteiger partial charge in [-0.15, -0.1) is 0 Å². The molecule has 1 fully saturated rings. The minimum atomic E-state index is -0.682. The molecule has 2 aromatic rings. The van der Waals surface area contributed by atoms with Crippen molar-refractivity contribution in [3.8, 4) is 6.07 Å². The number of nitrogens with one attached hydrogen (secondary N) is 2. The highest BCUT2D eigenvalue weighted by Crippen LogP contribution is 2.42. The van der Waals surface area contributed by atoms with E-state index in [0.717, 1.165) is 24.6 Å². The van der Waals surface area contributed by atoms with Crippen molar-refractivity contribution in [2.75, 3.05) is 11.1 Å². The Hall–Kier alpha value is -2.88. The number of halogens is 1. The molecule has 4 N–H and O–H groups in total. The van der Waals surface area contributed by atoms with Gasteiger partial charge in [0.05, 0.1) is 28.7 Å². The Morgan fingerprint density at radius 3 is 2.90 bits per heavy atom. The van der Waals surface area contributed by atoms with Gasteiger partial charge in [-0.3, -0.25) is 9.89 Å². The fourth-order valence-corrected chi connectivity index (χ4v) is 2.09. The second kappa shape index (κ2) is 4.90. The summed E-state index contributed by atoms with van der Waals surface area (Å²) >= 11 is 0. The number of H-pyrrole nitrogens is 1. The Balaban J connectivity index is 1.82. The van der Waals surface area contributed by atoms with Gasteiger partial charge in [-0.05, 0) is 31.0 Å². The number of carbonyl (C=O) groups excluding carboxylic acids is 1. The number of hydrogen-bond donors (Lipinski definition) is 3. The zero-order valence-electron chi connectivity index (χ0n) is 11.0. The predicted molar refractivity (Wildman–Crippen MR) is 74.0 cm³/mol. The molecule has 1 saturated carbocycles. The van der Waals surface area contributed by atoms with Crippen molar-refractivity contribution in [1.82, 2.24) is 10.2 Å². The molecule has 6 nitrogen and oxygen atoms in total. The number of nitriles is 1. The third-order valence-electron chi connectivity index (χ3n) is 3.38. The van der Waals surface area contributed by atoms with E-state index < -0.39 is 11.7 Å². The summed E-state index contributed by atoms with van der Waals surface area (Å²) in [6.07, 6.45) is 2.05. The number of nitrogen functional groups attached to an aromatic ring is 1. The van der Waals surface area contributed by atoms with Gasteiger partial charge in [-0.25, -0.2) is 4.39 Å². The summed E-state index contributed by atoms with van der Waals surface area (Å²) in [6.45, 7) is 0. The molecular weight excluding hydrogens is 273 g/mol. The Labute approximate surface area is 119 Å². The minimum Gasteiger partial charge on any atom is -0.395 e. The predicted octanol–water partition coefficient (Wildman–Crippen LogP) is 2.13. The fourth-order valence-electron chi connectivity index (χ4n) is 2.09. The molecule has 1 heterocycles. The molecule has 1 amide bonds. The maximum Gasteiger partial charge on any atom is 0.278 e. The zero-order chi connectivity index (χ0) is 15.0. The van der Waals surface area contributed by atoms with Crippen LogP contribution in [-0.4, -0.2) is 16.1 Å². The highest BCUT2D eigenvalue weighted by atomic mass is 19.1. The van der Waals surface area contributed by atoms with E-state index in [1.165, 1.54) is 12.1 Å². The van der Waals surface area contributed by atoms with Crippen LogP contribution in [0.15, 0.2) is 18.2 Å². The second-order valence-corrected chi connectivity index (χ2v) is 4.93. The Morgan fingerprint density at radius 2 is 2.29 bits per heavy atom. The lowest BCUT2D eigenvalue weighted by molar-refractivity contribution is 0.102. The molecule has 0 saturated heterocycles. The summed E-state index contributed by atoms with van der Waals surface area (Å²) in [5, 5.41) is 17.7. The first-order chi connectivity index (χ1) is 10.1. The standard InChI is InChI=1S/C14H12FN5O/c15-9-5-7(6-16)1-4-10(9)18-14(21)13-11(17)12(19-20-13)8-2-3-8/h1,4-5,8H,2-3,17H2,(H,18,21)(H,19,20). The molecule has 7 heteroatoms. The largest absolute Gasteiger partial charge is 0.395 e. The molecule has 0 spiro atoms. The van der Waals surface area contributed by atoms with E-state index in [2.05, 4.69) is 15.5 Å². The van der Waals surface area contributed by atoms with Crippen LogP contribution in [0, 0.1) is 17.1 Å². The topological polar surface area (TPSA) is 108 Å². The van der Waals surface area contributed by atoms with Crippen LogP contribution >= 0.6 is 0 Å². The SMILES string of the molecule is N#Cc1ccc(NC(=O)c2n[nH]c(C3CC3)c2N)c(F)c1. The molecule has 0 atom stereocenters. The number of carbonyl (C=O) groups is 1. The number of anilines is 2. The molecule has 1 aromatic carbocycles. The van der Waals surface area contributed by atoms with Gasteiger partial charge in [0, 0.05) is 5.92 Å². The first kappa shape index (κ1) is 13.1. The van der Waals surface area contributed by atoms with Crippen LogP contribution in [0.2, 0.25) is 0 Å². The maximum atomic E-state index is 13.7. The number of hydrogen-bond acceptors (Lipinski definition) is 4. The first-order valence-corrected chi connectivity index (χ1v) is 6.45. The summed E-state index contributed by atoms with van der Waals surface area (Å²) in [5.74, 6) is -0.927. The molecular formula is C14H12FN5O. The number of rotatable bonds is 3. The van der Waals surface area contributed by atoms with E-state index in [9.17, 15) is 9.18 Å². The molecule has 1 aliphatic rings. The molecule has 1 aliphatic carbocycles. The molecule has 106 valence electrons. The van der Waals surface area contributed by atoms with Crippen molar-refractivity contribution in [2.24, 2.45) is 0 Å². The fraction of sp³-hybridized carbons (Fsp3) is 0.214. The smallest absolute Gasteiger partial charge is 0.278 e. The number of benzene rings is 1. The van der Waals surface area contributed by atoms with Gasteiger partial charge in [0.1, 0.15) is 5.82 Å². The molecule has 3 rings (SSSR count). The van der Waals surface area contributed by atoms with Crippen LogP contribution in [-0.2, 0) is 0 Å². The highest BCUT2D eigenvalue weighted by molar-refractivity contribution is 6.06. The summed E-state index contributed by atoms with van der Waals surface area (Å²) in [4.78, 5) is 12.1. The Morgan fingerprint density at radius 1 is 1.52 bits per heavy atom. The van der Waals surface area contributed by atoms with Crippen molar-refractivity contribution in [1.29, 1.82) is 5.26 Å².